The van der Waals surface area contributed by atoms with Gasteiger partial charge in [-0.15, -0.1) is 0 Å². The van der Waals surface area contributed by atoms with Crippen LogP contribution in [0.3, 0.4) is 0 Å². The summed E-state index contributed by atoms with van der Waals surface area (Å²) < 4.78 is 10.7. The van der Waals surface area contributed by atoms with Gasteiger partial charge in [0.2, 0.25) is 0 Å². The summed E-state index contributed by atoms with van der Waals surface area (Å²) in [4.78, 5) is 4.31. The third-order valence-electron chi connectivity index (χ3n) is 2.76. The molecule has 3 nitrogen and oxygen atoms in total. The van der Waals surface area contributed by atoms with E-state index < -0.39 is 0 Å². The summed E-state index contributed by atoms with van der Waals surface area (Å²) in [5.74, 6) is 0.802. The molecule has 0 bridgehead atoms. The van der Waals surface area contributed by atoms with Crippen molar-refractivity contribution < 1.29 is 9.15 Å². The molecule has 0 unspecified atom stereocenters. The molecule has 2 heterocycles. The maximum atomic E-state index is 5.88. The summed E-state index contributed by atoms with van der Waals surface area (Å²) in [5, 5.41) is 0.564. The summed E-state index contributed by atoms with van der Waals surface area (Å²) in [6.07, 6.45) is 3.30. The van der Waals surface area contributed by atoms with Crippen LogP contribution in [0.5, 0.6) is 5.75 Å². The van der Waals surface area contributed by atoms with Crippen LogP contribution >= 0.6 is 11.6 Å². The Labute approximate surface area is 109 Å². The second-order valence-corrected chi connectivity index (χ2v) is 4.32. The van der Waals surface area contributed by atoms with E-state index in [1.807, 2.05) is 24.3 Å². The standard InChI is InChI=1S/C14H10ClNO2/c1-17-11-4-2-3-9(5-11)12-8-18-13-6-10(15)7-16-14(12)13/h2-8H,1H3. The van der Waals surface area contributed by atoms with Gasteiger partial charge in [-0.05, 0) is 17.7 Å². The minimum absolute atomic E-state index is 0.564. The van der Waals surface area contributed by atoms with E-state index in [1.54, 1.807) is 25.6 Å². The van der Waals surface area contributed by atoms with Crippen molar-refractivity contribution in [2.75, 3.05) is 7.11 Å². The fraction of sp³-hybridized carbons (Fsp3) is 0.0714. The van der Waals surface area contributed by atoms with Crippen LogP contribution < -0.4 is 4.74 Å². The van der Waals surface area contributed by atoms with Gasteiger partial charge in [-0.1, -0.05) is 23.7 Å². The number of halogens is 1. The molecule has 0 atom stereocenters. The summed E-state index contributed by atoms with van der Waals surface area (Å²) >= 11 is 5.88. The van der Waals surface area contributed by atoms with E-state index in [9.17, 15) is 0 Å². The lowest BCUT2D eigenvalue weighted by Crippen LogP contribution is -1.83. The van der Waals surface area contributed by atoms with Crippen molar-refractivity contribution in [3.05, 3.63) is 47.8 Å². The molecule has 18 heavy (non-hydrogen) atoms. The number of pyridine rings is 1. The maximum Gasteiger partial charge on any atom is 0.154 e. The number of rotatable bonds is 2. The van der Waals surface area contributed by atoms with Gasteiger partial charge < -0.3 is 9.15 Å². The first-order chi connectivity index (χ1) is 8.78. The van der Waals surface area contributed by atoms with E-state index in [-0.39, 0.29) is 0 Å². The second-order valence-electron chi connectivity index (χ2n) is 3.88. The van der Waals surface area contributed by atoms with E-state index in [4.69, 9.17) is 20.8 Å². The molecule has 1 aromatic carbocycles. The van der Waals surface area contributed by atoms with Crippen LogP contribution in [0.1, 0.15) is 0 Å². The van der Waals surface area contributed by atoms with Crippen LogP contribution in [-0.2, 0) is 0 Å². The third kappa shape index (κ3) is 1.83. The highest BCUT2D eigenvalue weighted by Gasteiger charge is 2.10. The molecule has 0 saturated heterocycles. The van der Waals surface area contributed by atoms with Crippen molar-refractivity contribution in [2.45, 2.75) is 0 Å². The van der Waals surface area contributed by atoms with Crippen LogP contribution in [0, 0.1) is 0 Å². The zero-order valence-electron chi connectivity index (χ0n) is 9.68. The molecular weight excluding hydrogens is 250 g/mol. The average Bonchev–Trinajstić information content (AvgIpc) is 2.81. The Morgan fingerprint density at radius 2 is 2.17 bits per heavy atom. The molecule has 0 aliphatic heterocycles. The van der Waals surface area contributed by atoms with Crippen LogP contribution in [-0.4, -0.2) is 12.1 Å². The van der Waals surface area contributed by atoms with Crippen LogP contribution in [0.25, 0.3) is 22.2 Å². The highest BCUT2D eigenvalue weighted by atomic mass is 35.5. The molecule has 0 saturated carbocycles. The van der Waals surface area contributed by atoms with Gasteiger partial charge in [0.15, 0.2) is 5.58 Å². The predicted molar refractivity (Wildman–Crippen MR) is 71.0 cm³/mol. The van der Waals surface area contributed by atoms with Gasteiger partial charge >= 0.3 is 0 Å². The molecule has 3 aromatic rings. The number of methoxy groups -OCH3 is 1. The number of aromatic nitrogens is 1. The SMILES string of the molecule is COc1cccc(-c2coc3cc(Cl)cnc23)c1. The molecule has 3 rings (SSSR count). The van der Waals surface area contributed by atoms with Crippen LogP contribution in [0.2, 0.25) is 5.02 Å². The number of ether oxygens (including phenoxy) is 1. The Bertz CT molecular complexity index is 706. The zero-order valence-corrected chi connectivity index (χ0v) is 10.4. The number of benzene rings is 1. The van der Waals surface area contributed by atoms with Crippen molar-refractivity contribution in [1.82, 2.24) is 4.98 Å². The third-order valence-corrected chi connectivity index (χ3v) is 2.97. The predicted octanol–water partition coefficient (Wildman–Crippen LogP) is 4.16. The minimum Gasteiger partial charge on any atom is -0.497 e. The fourth-order valence-electron chi connectivity index (χ4n) is 1.89. The zero-order chi connectivity index (χ0) is 12.5. The number of furan rings is 1. The van der Waals surface area contributed by atoms with Gasteiger partial charge in [0.05, 0.1) is 12.1 Å². The molecule has 4 heteroatoms. The Balaban J connectivity index is 2.19. The van der Waals surface area contributed by atoms with E-state index in [0.29, 0.717) is 10.6 Å². The molecule has 0 fully saturated rings. The Hall–Kier alpha value is -2.00. The molecule has 90 valence electrons. The van der Waals surface area contributed by atoms with Crippen molar-refractivity contribution in [3.63, 3.8) is 0 Å². The topological polar surface area (TPSA) is 35.3 Å². The van der Waals surface area contributed by atoms with Gasteiger partial charge in [-0.2, -0.15) is 0 Å². The molecule has 0 radical (unpaired) electrons. The quantitative estimate of drug-likeness (QED) is 0.693. The van der Waals surface area contributed by atoms with E-state index in [2.05, 4.69) is 4.98 Å². The average molecular weight is 260 g/mol. The second kappa shape index (κ2) is 4.35. The lowest BCUT2D eigenvalue weighted by molar-refractivity contribution is 0.415. The highest BCUT2D eigenvalue weighted by molar-refractivity contribution is 6.31. The van der Waals surface area contributed by atoms with Gasteiger partial charge in [0.1, 0.15) is 17.5 Å². The van der Waals surface area contributed by atoms with Crippen molar-refractivity contribution in [1.29, 1.82) is 0 Å². The van der Waals surface area contributed by atoms with Crippen molar-refractivity contribution >= 4 is 22.7 Å². The van der Waals surface area contributed by atoms with Crippen LogP contribution in [0.4, 0.5) is 0 Å². The summed E-state index contributed by atoms with van der Waals surface area (Å²) in [6, 6.07) is 9.52. The molecule has 0 aliphatic carbocycles. The first-order valence-corrected chi connectivity index (χ1v) is 5.83. The molecule has 0 N–H and O–H groups in total. The van der Waals surface area contributed by atoms with Gasteiger partial charge in [-0.25, -0.2) is 0 Å². The largest absolute Gasteiger partial charge is 0.497 e. The monoisotopic (exact) mass is 259 g/mol. The smallest absolute Gasteiger partial charge is 0.154 e. The molecule has 0 aliphatic rings. The minimum atomic E-state index is 0.564. The number of fused-ring (bicyclic) bond motifs is 1. The van der Waals surface area contributed by atoms with Crippen molar-refractivity contribution in [2.24, 2.45) is 0 Å². The Morgan fingerprint density at radius 3 is 3.00 bits per heavy atom. The summed E-state index contributed by atoms with van der Waals surface area (Å²) in [5.41, 5.74) is 3.41. The normalized spacial score (nSPS) is 10.8. The Morgan fingerprint density at radius 1 is 1.28 bits per heavy atom. The summed E-state index contributed by atoms with van der Waals surface area (Å²) in [6.45, 7) is 0. The van der Waals surface area contributed by atoms with Gasteiger partial charge in [0.25, 0.3) is 0 Å². The van der Waals surface area contributed by atoms with E-state index in [1.165, 1.54) is 0 Å². The van der Waals surface area contributed by atoms with Gasteiger partial charge in [0, 0.05) is 17.8 Å². The van der Waals surface area contributed by atoms with Crippen LogP contribution in [0.15, 0.2) is 47.2 Å². The number of hydrogen-bond acceptors (Lipinski definition) is 3. The highest BCUT2D eigenvalue weighted by Crippen LogP contribution is 2.31. The molecule has 0 amide bonds. The molecule has 2 aromatic heterocycles. The molecule has 0 spiro atoms. The molecular formula is C14H10ClNO2. The van der Waals surface area contributed by atoms with Gasteiger partial charge in [-0.3, -0.25) is 4.98 Å². The van der Waals surface area contributed by atoms with E-state index in [0.717, 1.165) is 22.4 Å². The lowest BCUT2D eigenvalue weighted by atomic mass is 10.1. The summed E-state index contributed by atoms with van der Waals surface area (Å²) in [7, 11) is 1.64. The lowest BCUT2D eigenvalue weighted by Gasteiger charge is -2.02. The first kappa shape index (κ1) is 11.1. The first-order valence-electron chi connectivity index (χ1n) is 5.45. The number of nitrogens with zero attached hydrogens (tertiary/aromatic N) is 1. The Kier molecular flexibility index (Phi) is 2.68. The van der Waals surface area contributed by atoms with E-state index >= 15 is 0 Å². The maximum absolute atomic E-state index is 5.88. The number of hydrogen-bond donors (Lipinski definition) is 0. The fourth-order valence-corrected chi connectivity index (χ4v) is 2.03. The van der Waals surface area contributed by atoms with Crippen molar-refractivity contribution in [3.8, 4) is 16.9 Å².